The fourth-order valence-corrected chi connectivity index (χ4v) is 2.49. The summed E-state index contributed by atoms with van der Waals surface area (Å²) in [5.41, 5.74) is 1.33. The molecule has 1 N–H and O–H groups in total. The largest absolute Gasteiger partial charge is 0.496 e. The van der Waals surface area contributed by atoms with Gasteiger partial charge >= 0.3 is 0 Å². The summed E-state index contributed by atoms with van der Waals surface area (Å²) in [6.45, 7) is 5.45. The zero-order valence-corrected chi connectivity index (χ0v) is 14.3. The molecule has 2 atom stereocenters. The van der Waals surface area contributed by atoms with Gasteiger partial charge < -0.3 is 19.5 Å². The van der Waals surface area contributed by atoms with E-state index < -0.39 is 11.7 Å². The van der Waals surface area contributed by atoms with E-state index in [1.54, 1.807) is 0 Å². The van der Waals surface area contributed by atoms with Crippen molar-refractivity contribution >= 4 is 5.91 Å². The number of rotatable bonds is 6. The lowest BCUT2D eigenvalue weighted by atomic mass is 10.1. The molecule has 1 aliphatic heterocycles. The Kier molecular flexibility index (Phi) is 6.75. The van der Waals surface area contributed by atoms with Gasteiger partial charge in [-0.1, -0.05) is 11.6 Å². The van der Waals surface area contributed by atoms with Gasteiger partial charge in [0, 0.05) is 6.61 Å². The number of hydrogen-bond acceptors (Lipinski definition) is 4. The summed E-state index contributed by atoms with van der Waals surface area (Å²) in [6, 6.07) is 3.57. The molecule has 0 saturated carbocycles. The van der Waals surface area contributed by atoms with Gasteiger partial charge in [0.05, 0.1) is 38.0 Å². The van der Waals surface area contributed by atoms with Crippen LogP contribution in [0.4, 0.5) is 4.39 Å². The van der Waals surface area contributed by atoms with Crippen LogP contribution in [0.5, 0.6) is 5.75 Å². The van der Waals surface area contributed by atoms with Crippen LogP contribution in [0.15, 0.2) is 29.8 Å². The van der Waals surface area contributed by atoms with Gasteiger partial charge in [0.15, 0.2) is 0 Å². The minimum atomic E-state index is -0.489. The van der Waals surface area contributed by atoms with Crippen molar-refractivity contribution < 1.29 is 23.4 Å². The third kappa shape index (κ3) is 5.04. The third-order valence-corrected chi connectivity index (χ3v) is 3.82. The van der Waals surface area contributed by atoms with Gasteiger partial charge in [0.25, 0.3) is 5.91 Å². The Morgan fingerprint density at radius 3 is 2.96 bits per heavy atom. The summed E-state index contributed by atoms with van der Waals surface area (Å²) in [5.74, 6) is -0.567. The van der Waals surface area contributed by atoms with Crippen molar-refractivity contribution in [3.05, 3.63) is 41.2 Å². The number of halogens is 1. The minimum Gasteiger partial charge on any atom is -0.496 e. The van der Waals surface area contributed by atoms with Crippen molar-refractivity contribution in [2.45, 2.75) is 32.4 Å². The molecule has 0 spiro atoms. The topological polar surface area (TPSA) is 56.8 Å². The van der Waals surface area contributed by atoms with Crippen LogP contribution in [0.3, 0.4) is 0 Å². The van der Waals surface area contributed by atoms with Crippen molar-refractivity contribution in [2.24, 2.45) is 0 Å². The van der Waals surface area contributed by atoms with E-state index >= 15 is 0 Å². The Labute approximate surface area is 141 Å². The van der Waals surface area contributed by atoms with Crippen LogP contribution in [-0.2, 0) is 9.47 Å². The highest BCUT2D eigenvalue weighted by Crippen LogP contribution is 2.20. The Balaban J connectivity index is 2.05. The van der Waals surface area contributed by atoms with E-state index in [0.29, 0.717) is 32.0 Å². The molecule has 1 heterocycles. The summed E-state index contributed by atoms with van der Waals surface area (Å²) in [7, 11) is 1.44. The smallest absolute Gasteiger partial charge is 0.255 e. The average molecular weight is 337 g/mol. The highest BCUT2D eigenvalue weighted by molar-refractivity contribution is 5.97. The first kappa shape index (κ1) is 18.4. The second-order valence-corrected chi connectivity index (χ2v) is 5.94. The summed E-state index contributed by atoms with van der Waals surface area (Å²) < 4.78 is 29.9. The molecule has 132 valence electrons. The van der Waals surface area contributed by atoms with E-state index in [2.05, 4.69) is 5.32 Å². The summed E-state index contributed by atoms with van der Waals surface area (Å²) in [6.07, 6.45) is 2.55. The fraction of sp³-hybridized carbons (Fsp3) is 0.500. The first-order chi connectivity index (χ1) is 11.5. The molecule has 0 radical (unpaired) electrons. The van der Waals surface area contributed by atoms with Gasteiger partial charge in [-0.15, -0.1) is 0 Å². The number of ether oxygens (including phenoxy) is 3. The number of carbonyl (C=O) groups excluding carboxylic acids is 1. The van der Waals surface area contributed by atoms with Crippen LogP contribution in [-0.4, -0.2) is 45.0 Å². The minimum absolute atomic E-state index is 0.141. The number of benzene rings is 1. The van der Waals surface area contributed by atoms with Crippen LogP contribution in [0.1, 0.15) is 30.6 Å². The van der Waals surface area contributed by atoms with E-state index in [1.165, 1.54) is 24.8 Å². The molecule has 6 heteroatoms. The quantitative estimate of drug-likeness (QED) is 0.811. The van der Waals surface area contributed by atoms with E-state index in [4.69, 9.17) is 14.2 Å². The molecule has 0 aromatic heterocycles. The monoisotopic (exact) mass is 337 g/mol. The van der Waals surface area contributed by atoms with Crippen molar-refractivity contribution in [3.63, 3.8) is 0 Å². The van der Waals surface area contributed by atoms with Gasteiger partial charge in [-0.2, -0.15) is 0 Å². The molecular formula is C18H24FNO4. The predicted molar refractivity (Wildman–Crippen MR) is 88.8 cm³/mol. The molecule has 0 aliphatic carbocycles. The molecule has 0 bridgehead atoms. The van der Waals surface area contributed by atoms with E-state index in [0.717, 1.165) is 6.07 Å². The molecule has 24 heavy (non-hydrogen) atoms. The highest BCUT2D eigenvalue weighted by Gasteiger charge is 2.29. The van der Waals surface area contributed by atoms with Gasteiger partial charge in [0.1, 0.15) is 11.6 Å². The third-order valence-electron chi connectivity index (χ3n) is 3.82. The number of carbonyl (C=O) groups is 1. The van der Waals surface area contributed by atoms with Crippen LogP contribution in [0, 0.1) is 5.82 Å². The molecular weight excluding hydrogens is 313 g/mol. The molecule has 1 aliphatic rings. The van der Waals surface area contributed by atoms with Crippen LogP contribution < -0.4 is 10.1 Å². The lowest BCUT2D eigenvalue weighted by Crippen LogP contribution is -2.50. The second-order valence-electron chi connectivity index (χ2n) is 5.94. The van der Waals surface area contributed by atoms with Crippen molar-refractivity contribution in [2.75, 3.05) is 26.9 Å². The lowest BCUT2D eigenvalue weighted by molar-refractivity contribution is -0.0457. The van der Waals surface area contributed by atoms with Crippen molar-refractivity contribution in [1.29, 1.82) is 0 Å². The Morgan fingerprint density at radius 1 is 1.46 bits per heavy atom. The number of allylic oxidation sites excluding steroid dienone is 1. The van der Waals surface area contributed by atoms with Gasteiger partial charge in [-0.05, 0) is 38.5 Å². The molecule has 1 amide bonds. The van der Waals surface area contributed by atoms with Gasteiger partial charge in [-0.3, -0.25) is 4.79 Å². The molecule has 1 aromatic carbocycles. The van der Waals surface area contributed by atoms with Crippen LogP contribution in [0.2, 0.25) is 0 Å². The van der Waals surface area contributed by atoms with E-state index in [9.17, 15) is 9.18 Å². The molecule has 1 aromatic rings. The summed E-state index contributed by atoms with van der Waals surface area (Å²) >= 11 is 0. The Hall–Kier alpha value is -1.92. The van der Waals surface area contributed by atoms with E-state index in [1.807, 2.05) is 19.9 Å². The lowest BCUT2D eigenvalue weighted by Gasteiger charge is -2.32. The molecule has 0 unspecified atom stereocenters. The van der Waals surface area contributed by atoms with Gasteiger partial charge in [-0.25, -0.2) is 4.39 Å². The van der Waals surface area contributed by atoms with Crippen LogP contribution in [0.25, 0.3) is 0 Å². The number of hydrogen-bond donors (Lipinski definition) is 1. The normalized spacial score (nSPS) is 20.3. The zero-order chi connectivity index (χ0) is 17.5. The summed E-state index contributed by atoms with van der Waals surface area (Å²) in [4.78, 5) is 12.5. The van der Waals surface area contributed by atoms with Gasteiger partial charge in [0.2, 0.25) is 0 Å². The Bertz CT molecular complexity index is 599. The summed E-state index contributed by atoms with van der Waals surface area (Å²) in [5, 5.41) is 2.87. The maximum Gasteiger partial charge on any atom is 0.255 e. The van der Waals surface area contributed by atoms with Crippen molar-refractivity contribution in [3.8, 4) is 5.75 Å². The maximum absolute atomic E-state index is 13.4. The molecule has 1 saturated heterocycles. The number of methoxy groups -OCH3 is 1. The fourth-order valence-electron chi connectivity index (χ4n) is 2.49. The van der Waals surface area contributed by atoms with E-state index in [-0.39, 0.29) is 17.7 Å². The molecule has 2 rings (SSSR count). The number of nitrogens with one attached hydrogen (secondary N) is 1. The second kappa shape index (κ2) is 8.80. The van der Waals surface area contributed by atoms with Crippen LogP contribution >= 0.6 is 0 Å². The number of amides is 1. The zero-order valence-electron chi connectivity index (χ0n) is 14.3. The average Bonchev–Trinajstić information content (AvgIpc) is 2.56. The highest BCUT2D eigenvalue weighted by atomic mass is 19.1. The maximum atomic E-state index is 13.4. The molecule has 1 fully saturated rings. The standard InChI is InChI=1S/C18H24FNO4/c1-12(2)6-9-24-17-7-8-23-11-15(17)20-18(21)14-10-13(19)4-5-16(14)22-3/h4-6,10,15,17H,7-9,11H2,1-3H3,(H,20,21)/t15-,17+/m1/s1. The van der Waals surface area contributed by atoms with Crippen molar-refractivity contribution in [1.82, 2.24) is 5.32 Å². The first-order valence-electron chi connectivity index (χ1n) is 7.98. The first-order valence-corrected chi connectivity index (χ1v) is 7.98. The predicted octanol–water partition coefficient (Wildman–Crippen LogP) is 2.70. The Morgan fingerprint density at radius 2 is 2.25 bits per heavy atom. The SMILES string of the molecule is COc1ccc(F)cc1C(=O)N[C@@H]1COCC[C@@H]1OCC=C(C)C. The molecule has 5 nitrogen and oxygen atoms in total.